The second-order valence-corrected chi connectivity index (χ2v) is 7.53. The zero-order chi connectivity index (χ0) is 16.7. The molecule has 1 amide bonds. The van der Waals surface area contributed by atoms with E-state index < -0.39 is 0 Å². The maximum atomic E-state index is 12.7. The van der Waals surface area contributed by atoms with E-state index in [1.165, 1.54) is 24.8 Å². The fraction of sp³-hybridized carbons (Fsp3) is 0.474. The number of carbonyl (C=O) groups excluding carboxylic acids is 1. The minimum Gasteiger partial charge on any atom is -0.348 e. The quantitative estimate of drug-likeness (QED) is 0.911. The third-order valence-corrected chi connectivity index (χ3v) is 5.79. The highest BCUT2D eigenvalue weighted by Gasteiger charge is 2.34. The smallest absolute Gasteiger partial charge is 0.270 e. The van der Waals surface area contributed by atoms with E-state index >= 15 is 0 Å². The summed E-state index contributed by atoms with van der Waals surface area (Å²) >= 11 is 5.94. The number of hydrogen-bond acceptors (Lipinski definition) is 2. The lowest BCUT2D eigenvalue weighted by Gasteiger charge is -2.36. The minimum atomic E-state index is 0.0245. The molecule has 0 radical (unpaired) electrons. The summed E-state index contributed by atoms with van der Waals surface area (Å²) in [4.78, 5) is 12.7. The highest BCUT2D eigenvalue weighted by atomic mass is 35.5. The molecule has 1 heterocycles. The first-order valence-corrected chi connectivity index (χ1v) is 9.08. The summed E-state index contributed by atoms with van der Waals surface area (Å²) in [7, 11) is 1.86. The van der Waals surface area contributed by atoms with E-state index in [0.717, 1.165) is 29.1 Å². The van der Waals surface area contributed by atoms with Crippen LogP contribution in [0.2, 0.25) is 5.02 Å². The van der Waals surface area contributed by atoms with Crippen molar-refractivity contribution in [3.8, 4) is 0 Å². The van der Waals surface area contributed by atoms with Crippen LogP contribution >= 0.6 is 11.6 Å². The van der Waals surface area contributed by atoms with Gasteiger partial charge in [-0.2, -0.15) is 5.10 Å². The Kier molecular flexibility index (Phi) is 4.09. The predicted molar refractivity (Wildman–Crippen MR) is 94.5 cm³/mol. The third-order valence-electron chi connectivity index (χ3n) is 5.54. The van der Waals surface area contributed by atoms with Crippen LogP contribution in [-0.4, -0.2) is 21.7 Å². The molecule has 0 atom stereocenters. The van der Waals surface area contributed by atoms with Crippen LogP contribution in [0.3, 0.4) is 0 Å². The molecule has 126 valence electrons. The fourth-order valence-corrected chi connectivity index (χ4v) is 3.87. The van der Waals surface area contributed by atoms with Gasteiger partial charge in [0.2, 0.25) is 0 Å². The van der Waals surface area contributed by atoms with Crippen molar-refractivity contribution in [2.45, 2.75) is 50.0 Å². The molecule has 0 aliphatic heterocycles. The molecule has 0 saturated heterocycles. The molecule has 4 rings (SSSR count). The van der Waals surface area contributed by atoms with E-state index in [-0.39, 0.29) is 11.9 Å². The average Bonchev–Trinajstić information content (AvgIpc) is 2.83. The highest BCUT2D eigenvalue weighted by molar-refractivity contribution is 6.30. The summed E-state index contributed by atoms with van der Waals surface area (Å²) in [5.41, 5.74) is 3.17. The average molecular weight is 344 g/mol. The van der Waals surface area contributed by atoms with Crippen molar-refractivity contribution in [3.05, 3.63) is 52.3 Å². The lowest BCUT2D eigenvalue weighted by molar-refractivity contribution is 0.0897. The van der Waals surface area contributed by atoms with Crippen LogP contribution in [0.15, 0.2) is 30.5 Å². The van der Waals surface area contributed by atoms with Gasteiger partial charge < -0.3 is 5.32 Å². The van der Waals surface area contributed by atoms with Crippen molar-refractivity contribution in [3.63, 3.8) is 0 Å². The molecule has 0 spiro atoms. The van der Waals surface area contributed by atoms with Crippen LogP contribution in [0.5, 0.6) is 0 Å². The Balaban J connectivity index is 1.38. The van der Waals surface area contributed by atoms with Crippen LogP contribution in [-0.2, 0) is 7.05 Å². The van der Waals surface area contributed by atoms with Crippen LogP contribution in [0, 0.1) is 0 Å². The van der Waals surface area contributed by atoms with Crippen molar-refractivity contribution in [1.29, 1.82) is 0 Å². The van der Waals surface area contributed by atoms with Gasteiger partial charge in [-0.3, -0.25) is 9.48 Å². The summed E-state index contributed by atoms with van der Waals surface area (Å²) in [6.45, 7) is 0. The van der Waals surface area contributed by atoms with Crippen LogP contribution in [0.4, 0.5) is 0 Å². The van der Waals surface area contributed by atoms with Gasteiger partial charge in [0.15, 0.2) is 0 Å². The van der Waals surface area contributed by atoms with E-state index in [9.17, 15) is 4.79 Å². The first-order chi connectivity index (χ1) is 11.6. The zero-order valence-corrected chi connectivity index (χ0v) is 14.6. The topological polar surface area (TPSA) is 46.9 Å². The van der Waals surface area contributed by atoms with Gasteiger partial charge in [0, 0.05) is 23.7 Å². The Morgan fingerprint density at radius 3 is 2.54 bits per heavy atom. The zero-order valence-electron chi connectivity index (χ0n) is 13.8. The lowest BCUT2D eigenvalue weighted by Crippen LogP contribution is -2.44. The van der Waals surface area contributed by atoms with E-state index in [2.05, 4.69) is 22.5 Å². The van der Waals surface area contributed by atoms with E-state index in [4.69, 9.17) is 11.6 Å². The van der Waals surface area contributed by atoms with Crippen molar-refractivity contribution < 1.29 is 4.79 Å². The molecule has 2 fully saturated rings. The van der Waals surface area contributed by atoms with Gasteiger partial charge in [-0.05, 0) is 55.2 Å². The van der Waals surface area contributed by atoms with E-state index in [0.29, 0.717) is 11.8 Å². The Hall–Kier alpha value is -1.81. The van der Waals surface area contributed by atoms with Crippen LogP contribution < -0.4 is 5.32 Å². The number of aromatic nitrogens is 2. The summed E-state index contributed by atoms with van der Waals surface area (Å²) < 4.78 is 1.72. The second-order valence-electron chi connectivity index (χ2n) is 7.09. The molecule has 2 saturated carbocycles. The normalized spacial score (nSPS) is 23.4. The molecule has 0 unspecified atom stereocenters. The molecule has 1 aromatic heterocycles. The fourth-order valence-electron chi connectivity index (χ4n) is 3.75. The molecule has 2 aliphatic rings. The molecule has 0 bridgehead atoms. The van der Waals surface area contributed by atoms with Gasteiger partial charge in [-0.15, -0.1) is 0 Å². The van der Waals surface area contributed by atoms with Crippen LogP contribution in [0.1, 0.15) is 65.6 Å². The number of nitrogens with zero attached hydrogens (tertiary/aromatic N) is 2. The third kappa shape index (κ3) is 2.84. The summed E-state index contributed by atoms with van der Waals surface area (Å²) in [5.74, 6) is 1.06. The lowest BCUT2D eigenvalue weighted by atomic mass is 9.75. The van der Waals surface area contributed by atoms with E-state index in [1.807, 2.05) is 25.4 Å². The molecular weight excluding hydrogens is 322 g/mol. The Morgan fingerprint density at radius 2 is 1.92 bits per heavy atom. The molecule has 2 aromatic rings. The Morgan fingerprint density at radius 1 is 1.21 bits per heavy atom. The second kappa shape index (κ2) is 6.25. The number of carbonyl (C=O) groups is 1. The van der Waals surface area contributed by atoms with Gasteiger partial charge in [-0.25, -0.2) is 0 Å². The Bertz CT molecular complexity index is 742. The van der Waals surface area contributed by atoms with Crippen LogP contribution in [0.25, 0.3) is 0 Å². The predicted octanol–water partition coefficient (Wildman–Crippen LogP) is 4.02. The SMILES string of the molecule is Cn1ncc(C2CCC2)c1C(=O)NC1CC(c2ccc(Cl)cc2)C1. The van der Waals surface area contributed by atoms with Gasteiger partial charge in [-0.1, -0.05) is 30.2 Å². The Labute approximate surface area is 147 Å². The maximum absolute atomic E-state index is 12.7. The number of amides is 1. The number of halogens is 1. The van der Waals surface area contributed by atoms with Crippen molar-refractivity contribution >= 4 is 17.5 Å². The molecule has 4 nitrogen and oxygen atoms in total. The molecule has 1 aromatic carbocycles. The number of aryl methyl sites for hydroxylation is 1. The van der Waals surface area contributed by atoms with Gasteiger partial charge in [0.05, 0.1) is 6.20 Å². The minimum absolute atomic E-state index is 0.0245. The number of benzene rings is 1. The molecule has 24 heavy (non-hydrogen) atoms. The molecular formula is C19H22ClN3O. The molecule has 2 aliphatic carbocycles. The van der Waals surface area contributed by atoms with Crippen molar-refractivity contribution in [1.82, 2.24) is 15.1 Å². The van der Waals surface area contributed by atoms with Gasteiger partial charge in [0.25, 0.3) is 5.91 Å². The molecule has 1 N–H and O–H groups in total. The number of rotatable bonds is 4. The van der Waals surface area contributed by atoms with Crippen molar-refractivity contribution in [2.24, 2.45) is 7.05 Å². The van der Waals surface area contributed by atoms with Gasteiger partial charge >= 0.3 is 0 Å². The highest BCUT2D eigenvalue weighted by Crippen LogP contribution is 2.39. The molecule has 5 heteroatoms. The first-order valence-electron chi connectivity index (χ1n) is 8.70. The summed E-state index contributed by atoms with van der Waals surface area (Å²) in [5, 5.41) is 8.26. The maximum Gasteiger partial charge on any atom is 0.270 e. The summed E-state index contributed by atoms with van der Waals surface area (Å²) in [6, 6.07) is 8.29. The standard InChI is InChI=1S/C19H22ClN3O/c1-23-18(17(11-21-23)13-3-2-4-13)19(24)22-16-9-14(10-16)12-5-7-15(20)8-6-12/h5-8,11,13-14,16H,2-4,9-10H2,1H3,(H,22,24). The van der Waals surface area contributed by atoms with E-state index in [1.54, 1.807) is 4.68 Å². The summed E-state index contributed by atoms with van der Waals surface area (Å²) in [6.07, 6.45) is 7.46. The first kappa shape index (κ1) is 15.7. The van der Waals surface area contributed by atoms with Crippen molar-refractivity contribution in [2.75, 3.05) is 0 Å². The van der Waals surface area contributed by atoms with Gasteiger partial charge in [0.1, 0.15) is 5.69 Å². The largest absolute Gasteiger partial charge is 0.348 e. The number of nitrogens with one attached hydrogen (secondary N) is 1. The number of hydrogen-bond donors (Lipinski definition) is 1. The monoisotopic (exact) mass is 343 g/mol.